The van der Waals surface area contributed by atoms with E-state index in [0.29, 0.717) is 16.8 Å². The highest BCUT2D eigenvalue weighted by atomic mass is 35.5. The van der Waals surface area contributed by atoms with Crippen molar-refractivity contribution in [3.05, 3.63) is 59.3 Å². The van der Waals surface area contributed by atoms with Crippen molar-refractivity contribution in [1.82, 2.24) is 15.0 Å². The molecule has 3 aromatic rings. The number of aromatic nitrogens is 3. The van der Waals surface area contributed by atoms with Gasteiger partial charge in [0.15, 0.2) is 0 Å². The first-order chi connectivity index (χ1) is 13.2. The Kier molecular flexibility index (Phi) is 5.22. The fourth-order valence-electron chi connectivity index (χ4n) is 3.37. The summed E-state index contributed by atoms with van der Waals surface area (Å²) in [5, 5.41) is 0.322. The molecule has 1 aromatic carbocycles. The van der Waals surface area contributed by atoms with Crippen LogP contribution in [0.1, 0.15) is 37.8 Å². The van der Waals surface area contributed by atoms with Crippen LogP contribution in [0.25, 0.3) is 22.6 Å². The van der Waals surface area contributed by atoms with Crippen LogP contribution >= 0.6 is 11.6 Å². The highest BCUT2D eigenvalue weighted by Gasteiger charge is 2.14. The standard InChI is InChI=1S/C22H19ClFN3/c23-18-7-4-8-19(24)21(18)22-26-14-20(27-22)16-10-12-17(25-13-16)11-9-15-5-2-1-3-6-15/h4,7-8,10,12-15H,1-3,5-6H2,(H,26,27). The van der Waals surface area contributed by atoms with Crippen LogP contribution in [-0.2, 0) is 0 Å². The van der Waals surface area contributed by atoms with Crippen LogP contribution in [0.4, 0.5) is 4.39 Å². The molecule has 136 valence electrons. The lowest BCUT2D eigenvalue weighted by Crippen LogP contribution is -2.03. The molecule has 1 N–H and O–H groups in total. The Hall–Kier alpha value is -2.64. The average molecular weight is 380 g/mol. The van der Waals surface area contributed by atoms with Gasteiger partial charge in [0.2, 0.25) is 0 Å². The number of halogens is 2. The van der Waals surface area contributed by atoms with E-state index in [2.05, 4.69) is 26.8 Å². The first kappa shape index (κ1) is 17.8. The normalized spacial score (nSPS) is 14.6. The fraction of sp³-hybridized carbons (Fsp3) is 0.273. The molecule has 0 bridgehead atoms. The smallest absolute Gasteiger partial charge is 0.142 e. The number of nitrogens with one attached hydrogen (secondary N) is 1. The number of aromatic amines is 1. The molecule has 5 heteroatoms. The molecule has 0 unspecified atom stereocenters. The molecule has 2 heterocycles. The maximum Gasteiger partial charge on any atom is 0.142 e. The molecule has 0 saturated heterocycles. The van der Waals surface area contributed by atoms with E-state index < -0.39 is 5.82 Å². The van der Waals surface area contributed by atoms with Crippen LogP contribution in [0.3, 0.4) is 0 Å². The van der Waals surface area contributed by atoms with Crippen molar-refractivity contribution >= 4 is 11.6 Å². The third-order valence-electron chi connectivity index (χ3n) is 4.86. The molecule has 3 nitrogen and oxygen atoms in total. The lowest BCUT2D eigenvalue weighted by Gasteiger charge is -2.15. The minimum absolute atomic E-state index is 0.272. The van der Waals surface area contributed by atoms with E-state index in [1.165, 1.54) is 38.2 Å². The zero-order chi connectivity index (χ0) is 18.6. The minimum atomic E-state index is -0.408. The number of hydrogen-bond donors (Lipinski definition) is 1. The Bertz CT molecular complexity index is 972. The Morgan fingerprint density at radius 2 is 1.89 bits per heavy atom. The van der Waals surface area contributed by atoms with Crippen molar-refractivity contribution in [2.45, 2.75) is 32.1 Å². The van der Waals surface area contributed by atoms with E-state index in [4.69, 9.17) is 11.6 Å². The zero-order valence-corrected chi connectivity index (χ0v) is 15.6. The van der Waals surface area contributed by atoms with Crippen LogP contribution in [-0.4, -0.2) is 15.0 Å². The minimum Gasteiger partial charge on any atom is -0.338 e. The molecule has 1 saturated carbocycles. The van der Waals surface area contributed by atoms with Gasteiger partial charge in [0.1, 0.15) is 17.3 Å². The predicted molar refractivity (Wildman–Crippen MR) is 106 cm³/mol. The maximum absolute atomic E-state index is 14.1. The Labute approximate surface area is 163 Å². The molecular formula is C22H19ClFN3. The van der Waals surface area contributed by atoms with Gasteiger partial charge < -0.3 is 4.98 Å². The summed E-state index contributed by atoms with van der Waals surface area (Å²) in [6.45, 7) is 0. The van der Waals surface area contributed by atoms with Crippen molar-refractivity contribution in [2.75, 3.05) is 0 Å². The van der Waals surface area contributed by atoms with E-state index >= 15 is 0 Å². The summed E-state index contributed by atoms with van der Waals surface area (Å²) in [5.74, 6) is 7.02. The van der Waals surface area contributed by atoms with Crippen LogP contribution in [0.2, 0.25) is 5.02 Å². The van der Waals surface area contributed by atoms with Crippen molar-refractivity contribution in [3.63, 3.8) is 0 Å². The second-order valence-corrected chi connectivity index (χ2v) is 7.19. The van der Waals surface area contributed by atoms with Crippen LogP contribution in [0.5, 0.6) is 0 Å². The molecule has 27 heavy (non-hydrogen) atoms. The van der Waals surface area contributed by atoms with Gasteiger partial charge in [0.25, 0.3) is 0 Å². The molecule has 0 atom stereocenters. The maximum atomic E-state index is 14.1. The van der Waals surface area contributed by atoms with E-state index in [1.54, 1.807) is 24.5 Å². The number of imidazole rings is 1. The highest BCUT2D eigenvalue weighted by molar-refractivity contribution is 6.33. The molecule has 0 aliphatic heterocycles. The van der Waals surface area contributed by atoms with Crippen LogP contribution < -0.4 is 0 Å². The van der Waals surface area contributed by atoms with Gasteiger partial charge in [-0.3, -0.25) is 0 Å². The van der Waals surface area contributed by atoms with E-state index in [9.17, 15) is 4.39 Å². The fourth-order valence-corrected chi connectivity index (χ4v) is 3.62. The highest BCUT2D eigenvalue weighted by Crippen LogP contribution is 2.30. The number of rotatable bonds is 2. The van der Waals surface area contributed by atoms with Gasteiger partial charge in [0.05, 0.1) is 22.5 Å². The number of H-pyrrole nitrogens is 1. The van der Waals surface area contributed by atoms with Gasteiger partial charge in [-0.05, 0) is 43.0 Å². The van der Waals surface area contributed by atoms with Crippen molar-refractivity contribution in [3.8, 4) is 34.5 Å². The van der Waals surface area contributed by atoms with E-state index in [-0.39, 0.29) is 5.56 Å². The lowest BCUT2D eigenvalue weighted by atomic mass is 9.90. The zero-order valence-electron chi connectivity index (χ0n) is 14.8. The Balaban J connectivity index is 1.53. The van der Waals surface area contributed by atoms with Crippen molar-refractivity contribution in [2.24, 2.45) is 5.92 Å². The summed E-state index contributed by atoms with van der Waals surface area (Å²) in [5.41, 5.74) is 2.66. The molecule has 0 amide bonds. The molecule has 4 rings (SSSR count). The lowest BCUT2D eigenvalue weighted by molar-refractivity contribution is 0.430. The summed E-state index contributed by atoms with van der Waals surface area (Å²) in [6, 6.07) is 8.43. The molecule has 1 fully saturated rings. The van der Waals surface area contributed by atoms with Crippen molar-refractivity contribution in [1.29, 1.82) is 0 Å². The summed E-state index contributed by atoms with van der Waals surface area (Å²) in [7, 11) is 0. The first-order valence-electron chi connectivity index (χ1n) is 9.18. The third kappa shape index (κ3) is 4.04. The van der Waals surface area contributed by atoms with Gasteiger partial charge in [-0.15, -0.1) is 0 Å². The average Bonchev–Trinajstić information content (AvgIpc) is 3.17. The third-order valence-corrected chi connectivity index (χ3v) is 5.17. The predicted octanol–water partition coefficient (Wildman–Crippen LogP) is 5.86. The van der Waals surface area contributed by atoms with Gasteiger partial charge >= 0.3 is 0 Å². The number of benzene rings is 1. The van der Waals surface area contributed by atoms with E-state index in [1.807, 2.05) is 12.1 Å². The van der Waals surface area contributed by atoms with Gasteiger partial charge in [-0.1, -0.05) is 42.9 Å². The van der Waals surface area contributed by atoms with Gasteiger partial charge in [-0.2, -0.15) is 0 Å². The number of nitrogens with zero attached hydrogens (tertiary/aromatic N) is 2. The number of hydrogen-bond acceptors (Lipinski definition) is 2. The van der Waals surface area contributed by atoms with Crippen LogP contribution in [0.15, 0.2) is 42.7 Å². The number of pyridine rings is 1. The largest absolute Gasteiger partial charge is 0.338 e. The molecule has 0 radical (unpaired) electrons. The molecule has 2 aromatic heterocycles. The van der Waals surface area contributed by atoms with Crippen molar-refractivity contribution < 1.29 is 4.39 Å². The Morgan fingerprint density at radius 1 is 1.04 bits per heavy atom. The summed E-state index contributed by atoms with van der Waals surface area (Å²) < 4.78 is 14.1. The second-order valence-electron chi connectivity index (χ2n) is 6.78. The first-order valence-corrected chi connectivity index (χ1v) is 9.56. The second kappa shape index (κ2) is 7.94. The Morgan fingerprint density at radius 3 is 2.63 bits per heavy atom. The molecule has 1 aliphatic rings. The van der Waals surface area contributed by atoms with E-state index in [0.717, 1.165) is 17.0 Å². The SMILES string of the molecule is Fc1cccc(Cl)c1-c1ncc(-c2ccc(C#CC3CCCCC3)nc2)[nH]1. The topological polar surface area (TPSA) is 41.6 Å². The summed E-state index contributed by atoms with van der Waals surface area (Å²) >= 11 is 6.11. The summed E-state index contributed by atoms with van der Waals surface area (Å²) in [4.78, 5) is 11.8. The molecular weight excluding hydrogens is 361 g/mol. The summed E-state index contributed by atoms with van der Waals surface area (Å²) in [6.07, 6.45) is 9.68. The van der Waals surface area contributed by atoms with Gasteiger partial charge in [-0.25, -0.2) is 14.4 Å². The quantitative estimate of drug-likeness (QED) is 0.566. The molecule has 0 spiro atoms. The van der Waals surface area contributed by atoms with Gasteiger partial charge in [0, 0.05) is 17.7 Å². The molecule has 1 aliphatic carbocycles. The monoisotopic (exact) mass is 379 g/mol. The van der Waals surface area contributed by atoms with Crippen LogP contribution in [0, 0.1) is 23.6 Å².